The Labute approximate surface area is 165 Å². The molecule has 3 aliphatic heterocycles. The molecule has 150 valence electrons. The van der Waals surface area contributed by atoms with Gasteiger partial charge in [0.1, 0.15) is 6.54 Å². The molecule has 0 unspecified atom stereocenters. The van der Waals surface area contributed by atoms with Gasteiger partial charge < -0.3 is 19.6 Å². The molecular weight excluding hydrogens is 356 g/mol. The largest absolute Gasteiger partial charge is 0.340 e. The zero-order valence-electron chi connectivity index (χ0n) is 16.8. The third kappa shape index (κ3) is 3.12. The van der Waals surface area contributed by atoms with E-state index >= 15 is 0 Å². The number of hydrogen-bond donors (Lipinski definition) is 0. The molecule has 1 aromatic carbocycles. The highest BCUT2D eigenvalue weighted by atomic mass is 16.2. The third-order valence-electron chi connectivity index (χ3n) is 6.56. The first-order valence-corrected chi connectivity index (χ1v) is 9.97. The molecule has 0 radical (unpaired) electrons. The van der Waals surface area contributed by atoms with E-state index in [0.29, 0.717) is 32.7 Å². The van der Waals surface area contributed by atoms with Gasteiger partial charge in [-0.1, -0.05) is 24.3 Å². The van der Waals surface area contributed by atoms with Gasteiger partial charge in [-0.05, 0) is 18.1 Å². The van der Waals surface area contributed by atoms with Crippen molar-refractivity contribution in [2.45, 2.75) is 19.9 Å². The lowest BCUT2D eigenvalue weighted by atomic mass is 9.87. The van der Waals surface area contributed by atoms with Gasteiger partial charge in [0.2, 0.25) is 11.8 Å². The fourth-order valence-corrected chi connectivity index (χ4v) is 5.00. The number of likely N-dealkylation sites (N-methyl/N-ethyl adjacent to an activating group) is 1. The van der Waals surface area contributed by atoms with Crippen LogP contribution in [0.4, 0.5) is 4.79 Å². The SMILES string of the molecule is CC(=O)N1C[C@H]2CN(C(=O)CN3CCN(C)C3=O)C[C@H]2[C@H]1c1ccccc1C. The predicted molar refractivity (Wildman–Crippen MR) is 104 cm³/mol. The lowest BCUT2D eigenvalue weighted by Crippen LogP contribution is -2.42. The lowest BCUT2D eigenvalue weighted by molar-refractivity contribution is -0.132. The molecule has 0 saturated carbocycles. The van der Waals surface area contributed by atoms with Gasteiger partial charge in [0, 0.05) is 58.5 Å². The summed E-state index contributed by atoms with van der Waals surface area (Å²) in [6.45, 7) is 7.12. The monoisotopic (exact) mass is 384 g/mol. The second-order valence-corrected chi connectivity index (χ2v) is 8.32. The highest BCUT2D eigenvalue weighted by molar-refractivity contribution is 5.85. The second-order valence-electron chi connectivity index (χ2n) is 8.32. The first kappa shape index (κ1) is 18.8. The number of amides is 4. The van der Waals surface area contributed by atoms with Crippen molar-refractivity contribution in [2.75, 3.05) is 46.3 Å². The van der Waals surface area contributed by atoms with Crippen molar-refractivity contribution in [1.82, 2.24) is 19.6 Å². The number of aryl methyl sites for hydroxylation is 1. The molecule has 7 heteroatoms. The minimum atomic E-state index is -0.0757. The maximum absolute atomic E-state index is 12.8. The van der Waals surface area contributed by atoms with Crippen LogP contribution < -0.4 is 0 Å². The topological polar surface area (TPSA) is 64.2 Å². The first-order chi connectivity index (χ1) is 13.4. The first-order valence-electron chi connectivity index (χ1n) is 9.97. The Hall–Kier alpha value is -2.57. The number of benzene rings is 1. The predicted octanol–water partition coefficient (Wildman–Crippen LogP) is 1.34. The van der Waals surface area contributed by atoms with Crippen LogP contribution in [-0.2, 0) is 9.59 Å². The molecule has 0 aromatic heterocycles. The van der Waals surface area contributed by atoms with Crippen LogP contribution >= 0.6 is 0 Å². The maximum atomic E-state index is 12.8. The minimum absolute atomic E-state index is 0.0101. The number of rotatable bonds is 3. The Bertz CT molecular complexity index is 811. The molecule has 4 rings (SSSR count). The van der Waals surface area contributed by atoms with E-state index in [1.54, 1.807) is 23.8 Å². The molecule has 3 fully saturated rings. The number of urea groups is 1. The lowest BCUT2D eigenvalue weighted by Gasteiger charge is -2.30. The molecule has 3 saturated heterocycles. The second kappa shape index (κ2) is 7.11. The highest BCUT2D eigenvalue weighted by Gasteiger charge is 2.49. The van der Waals surface area contributed by atoms with Crippen LogP contribution in [0.3, 0.4) is 0 Å². The van der Waals surface area contributed by atoms with Crippen molar-refractivity contribution < 1.29 is 14.4 Å². The van der Waals surface area contributed by atoms with Crippen LogP contribution in [0.2, 0.25) is 0 Å². The van der Waals surface area contributed by atoms with Gasteiger partial charge in [-0.2, -0.15) is 0 Å². The van der Waals surface area contributed by atoms with Crippen LogP contribution in [0.1, 0.15) is 24.1 Å². The number of carbonyl (C=O) groups excluding carboxylic acids is 3. The maximum Gasteiger partial charge on any atom is 0.320 e. The Kier molecular flexibility index (Phi) is 4.77. The van der Waals surface area contributed by atoms with Crippen molar-refractivity contribution in [3.63, 3.8) is 0 Å². The van der Waals surface area contributed by atoms with Gasteiger partial charge in [-0.3, -0.25) is 9.59 Å². The van der Waals surface area contributed by atoms with E-state index in [1.807, 2.05) is 21.9 Å². The molecule has 7 nitrogen and oxygen atoms in total. The summed E-state index contributed by atoms with van der Waals surface area (Å²) in [4.78, 5) is 44.3. The van der Waals surface area contributed by atoms with E-state index < -0.39 is 0 Å². The Balaban J connectivity index is 1.50. The summed E-state index contributed by atoms with van der Waals surface area (Å²) in [6.07, 6.45) is 0. The van der Waals surface area contributed by atoms with Crippen molar-refractivity contribution in [2.24, 2.45) is 11.8 Å². The third-order valence-corrected chi connectivity index (χ3v) is 6.56. The van der Waals surface area contributed by atoms with Gasteiger partial charge in [0.05, 0.1) is 6.04 Å². The smallest absolute Gasteiger partial charge is 0.320 e. The minimum Gasteiger partial charge on any atom is -0.340 e. The fourth-order valence-electron chi connectivity index (χ4n) is 5.00. The number of carbonyl (C=O) groups is 3. The summed E-state index contributed by atoms with van der Waals surface area (Å²) in [5, 5.41) is 0. The van der Waals surface area contributed by atoms with Gasteiger partial charge in [-0.25, -0.2) is 4.79 Å². The number of hydrogen-bond acceptors (Lipinski definition) is 3. The summed E-state index contributed by atoms with van der Waals surface area (Å²) in [6, 6.07) is 8.14. The Morgan fingerprint density at radius 2 is 1.86 bits per heavy atom. The summed E-state index contributed by atoms with van der Waals surface area (Å²) in [5.74, 6) is 0.627. The molecule has 4 amide bonds. The molecule has 3 heterocycles. The molecule has 0 bridgehead atoms. The summed E-state index contributed by atoms with van der Waals surface area (Å²) in [7, 11) is 1.76. The van der Waals surface area contributed by atoms with Gasteiger partial charge in [-0.15, -0.1) is 0 Å². The van der Waals surface area contributed by atoms with E-state index in [1.165, 1.54) is 11.1 Å². The zero-order valence-corrected chi connectivity index (χ0v) is 16.8. The average Bonchev–Trinajstić information content (AvgIpc) is 3.31. The van der Waals surface area contributed by atoms with E-state index in [-0.39, 0.29) is 42.3 Å². The number of fused-ring (bicyclic) bond motifs is 1. The van der Waals surface area contributed by atoms with Crippen molar-refractivity contribution in [3.05, 3.63) is 35.4 Å². The number of likely N-dealkylation sites (tertiary alicyclic amines) is 2. The van der Waals surface area contributed by atoms with Gasteiger partial charge in [0.15, 0.2) is 0 Å². The molecular formula is C21H28N4O3. The van der Waals surface area contributed by atoms with Crippen LogP contribution in [0.5, 0.6) is 0 Å². The van der Waals surface area contributed by atoms with Crippen LogP contribution in [0.15, 0.2) is 24.3 Å². The van der Waals surface area contributed by atoms with Crippen LogP contribution in [0, 0.1) is 18.8 Å². The summed E-state index contributed by atoms with van der Waals surface area (Å²) >= 11 is 0. The van der Waals surface area contributed by atoms with E-state index in [4.69, 9.17) is 0 Å². The average molecular weight is 384 g/mol. The summed E-state index contributed by atoms with van der Waals surface area (Å²) in [5.41, 5.74) is 2.35. The molecule has 28 heavy (non-hydrogen) atoms. The van der Waals surface area contributed by atoms with E-state index in [2.05, 4.69) is 19.1 Å². The van der Waals surface area contributed by atoms with Crippen LogP contribution in [-0.4, -0.2) is 83.8 Å². The molecule has 3 aliphatic rings. The van der Waals surface area contributed by atoms with Crippen molar-refractivity contribution in [3.8, 4) is 0 Å². The molecule has 0 aliphatic carbocycles. The standard InChI is InChI=1S/C21H28N4O3/c1-14-6-4-5-7-17(14)20-18-12-24(10-16(18)11-25(20)15(2)26)19(27)13-23-9-8-22(3)21(23)28/h4-7,16,18,20H,8-13H2,1-3H3/t16-,18-,20-/m1/s1. The normalized spacial score (nSPS) is 27.0. The summed E-state index contributed by atoms with van der Waals surface area (Å²) < 4.78 is 0. The zero-order chi connectivity index (χ0) is 20.0. The van der Waals surface area contributed by atoms with Crippen molar-refractivity contribution >= 4 is 17.8 Å². The van der Waals surface area contributed by atoms with Gasteiger partial charge >= 0.3 is 6.03 Å². The van der Waals surface area contributed by atoms with Crippen molar-refractivity contribution in [1.29, 1.82) is 0 Å². The molecule has 1 aromatic rings. The van der Waals surface area contributed by atoms with E-state index in [0.717, 1.165) is 0 Å². The number of nitrogens with zero attached hydrogens (tertiary/aromatic N) is 4. The molecule has 0 spiro atoms. The molecule has 3 atom stereocenters. The van der Waals surface area contributed by atoms with E-state index in [9.17, 15) is 14.4 Å². The van der Waals surface area contributed by atoms with Crippen LogP contribution in [0.25, 0.3) is 0 Å². The van der Waals surface area contributed by atoms with Gasteiger partial charge in [0.25, 0.3) is 0 Å². The Morgan fingerprint density at radius 3 is 2.50 bits per heavy atom. The fraction of sp³-hybridized carbons (Fsp3) is 0.571. The molecule has 0 N–H and O–H groups in total. The quantitative estimate of drug-likeness (QED) is 0.790. The Morgan fingerprint density at radius 1 is 1.11 bits per heavy atom. The highest BCUT2D eigenvalue weighted by Crippen LogP contribution is 2.45.